The van der Waals surface area contributed by atoms with Crippen LogP contribution in [0, 0.1) is 5.41 Å². The third-order valence-electron chi connectivity index (χ3n) is 4.38. The van der Waals surface area contributed by atoms with E-state index >= 15 is 0 Å². The first-order valence-corrected chi connectivity index (χ1v) is 7.23. The van der Waals surface area contributed by atoms with E-state index in [-0.39, 0.29) is 0 Å². The van der Waals surface area contributed by atoms with Crippen LogP contribution in [0.3, 0.4) is 0 Å². The van der Waals surface area contributed by atoms with Crippen LogP contribution in [-0.2, 0) is 16.6 Å². The normalized spacial score (nSPS) is 22.3. The van der Waals surface area contributed by atoms with E-state index in [1.54, 1.807) is 13.2 Å². The largest absolute Gasteiger partial charge is 0.335 e. The number of nitrogens with zero attached hydrogens (tertiary/aromatic N) is 3. The number of nitrogens with one attached hydrogen (secondary N) is 1. The number of aryl methyl sites for hydroxylation is 1. The van der Waals surface area contributed by atoms with Gasteiger partial charge in [-0.05, 0) is 12.8 Å². The number of imide groups is 2. The van der Waals surface area contributed by atoms with Gasteiger partial charge in [0.15, 0.2) is 0 Å². The van der Waals surface area contributed by atoms with E-state index < -0.39 is 23.3 Å². The van der Waals surface area contributed by atoms with Crippen LogP contribution in [-0.4, -0.2) is 27.6 Å². The molecule has 0 aromatic carbocycles. The van der Waals surface area contributed by atoms with Gasteiger partial charge in [-0.1, -0.05) is 25.7 Å². The Balaban J connectivity index is 2.00. The van der Waals surface area contributed by atoms with Crippen LogP contribution in [0.2, 0.25) is 0 Å². The van der Waals surface area contributed by atoms with Crippen molar-refractivity contribution in [3.05, 3.63) is 12.4 Å². The van der Waals surface area contributed by atoms with Gasteiger partial charge in [-0.3, -0.25) is 19.6 Å². The van der Waals surface area contributed by atoms with Gasteiger partial charge in [-0.2, -0.15) is 5.10 Å². The van der Waals surface area contributed by atoms with Crippen molar-refractivity contribution in [1.82, 2.24) is 15.1 Å². The molecule has 1 aromatic heterocycles. The minimum Gasteiger partial charge on any atom is -0.276 e. The molecule has 4 amide bonds. The van der Waals surface area contributed by atoms with Crippen LogP contribution in [0.4, 0.5) is 10.5 Å². The van der Waals surface area contributed by atoms with Crippen molar-refractivity contribution < 1.29 is 14.4 Å². The van der Waals surface area contributed by atoms with Crippen molar-refractivity contribution in [1.29, 1.82) is 0 Å². The van der Waals surface area contributed by atoms with E-state index in [2.05, 4.69) is 10.4 Å². The molecule has 0 bridgehead atoms. The topological polar surface area (TPSA) is 84.3 Å². The maximum atomic E-state index is 12.9. The predicted molar refractivity (Wildman–Crippen MR) is 74.4 cm³/mol. The number of carbonyl (C=O) groups is 3. The van der Waals surface area contributed by atoms with Crippen molar-refractivity contribution in [2.24, 2.45) is 12.5 Å². The fourth-order valence-electron chi connectivity index (χ4n) is 3.21. The summed E-state index contributed by atoms with van der Waals surface area (Å²) in [6, 6.07) is -0.687. The summed E-state index contributed by atoms with van der Waals surface area (Å²) in [4.78, 5) is 38.3. The van der Waals surface area contributed by atoms with Crippen LogP contribution in [0.1, 0.15) is 38.5 Å². The number of hydrogen-bond acceptors (Lipinski definition) is 4. The van der Waals surface area contributed by atoms with Gasteiger partial charge in [-0.15, -0.1) is 0 Å². The average molecular weight is 290 g/mol. The molecular formula is C14H18N4O3. The summed E-state index contributed by atoms with van der Waals surface area (Å²) in [5.74, 6) is -0.856. The standard InChI is InChI=1S/C14H18N4O3/c1-17-9-10(8-15-17)18-12(20)14(11(19)16-13(18)21)6-4-2-3-5-7-14/h8-9H,2-7H2,1H3,(H,16,19,21). The van der Waals surface area contributed by atoms with Crippen molar-refractivity contribution in [2.45, 2.75) is 38.5 Å². The van der Waals surface area contributed by atoms with Gasteiger partial charge in [0.1, 0.15) is 5.41 Å². The quantitative estimate of drug-likeness (QED) is 0.791. The van der Waals surface area contributed by atoms with E-state index in [9.17, 15) is 14.4 Å². The molecule has 3 rings (SSSR count). The first-order valence-electron chi connectivity index (χ1n) is 7.23. The lowest BCUT2D eigenvalue weighted by molar-refractivity contribution is -0.143. The van der Waals surface area contributed by atoms with E-state index in [1.807, 2.05) is 0 Å². The molecule has 0 unspecified atom stereocenters. The van der Waals surface area contributed by atoms with Gasteiger partial charge in [0.25, 0.3) is 5.91 Å². The third-order valence-corrected chi connectivity index (χ3v) is 4.38. The van der Waals surface area contributed by atoms with Crippen LogP contribution in [0.25, 0.3) is 0 Å². The number of carbonyl (C=O) groups excluding carboxylic acids is 3. The Bertz CT molecular complexity index is 599. The molecule has 7 nitrogen and oxygen atoms in total. The predicted octanol–water partition coefficient (Wildman–Crippen LogP) is 1.34. The van der Waals surface area contributed by atoms with Crippen LogP contribution in [0.15, 0.2) is 12.4 Å². The second kappa shape index (κ2) is 4.98. The molecule has 2 aliphatic rings. The summed E-state index contributed by atoms with van der Waals surface area (Å²) in [5.41, 5.74) is -0.698. The molecule has 1 saturated heterocycles. The molecule has 1 spiro atoms. The lowest BCUT2D eigenvalue weighted by Crippen LogP contribution is -2.64. The maximum Gasteiger partial charge on any atom is 0.335 e. The first-order chi connectivity index (χ1) is 10.0. The van der Waals surface area contributed by atoms with E-state index in [0.29, 0.717) is 18.5 Å². The molecule has 0 atom stereocenters. The summed E-state index contributed by atoms with van der Waals surface area (Å²) in [7, 11) is 1.71. The van der Waals surface area contributed by atoms with Crippen LogP contribution >= 0.6 is 0 Å². The zero-order valence-corrected chi connectivity index (χ0v) is 12.0. The highest BCUT2D eigenvalue weighted by Gasteiger charge is 2.53. The molecule has 2 fully saturated rings. The van der Waals surface area contributed by atoms with E-state index in [1.165, 1.54) is 10.9 Å². The van der Waals surface area contributed by atoms with Gasteiger partial charge < -0.3 is 0 Å². The highest BCUT2D eigenvalue weighted by molar-refractivity contribution is 6.29. The summed E-state index contributed by atoms with van der Waals surface area (Å²) in [6.07, 6.45) is 7.74. The van der Waals surface area contributed by atoms with E-state index in [4.69, 9.17) is 0 Å². The highest BCUT2D eigenvalue weighted by Crippen LogP contribution is 2.40. The SMILES string of the molecule is Cn1cc(N2C(=O)NC(=O)C3(CCCCCC3)C2=O)cn1. The number of anilines is 1. The van der Waals surface area contributed by atoms with Gasteiger partial charge in [0.05, 0.1) is 11.9 Å². The molecule has 21 heavy (non-hydrogen) atoms. The monoisotopic (exact) mass is 290 g/mol. The summed E-state index contributed by atoms with van der Waals surface area (Å²) >= 11 is 0. The molecule has 1 aliphatic heterocycles. The van der Waals surface area contributed by atoms with Crippen molar-refractivity contribution in [3.8, 4) is 0 Å². The highest BCUT2D eigenvalue weighted by atomic mass is 16.2. The Morgan fingerprint density at radius 2 is 1.81 bits per heavy atom. The molecule has 1 aromatic rings. The summed E-state index contributed by atoms with van der Waals surface area (Å²) in [5, 5.41) is 6.34. The minimum atomic E-state index is -1.10. The second-order valence-electron chi connectivity index (χ2n) is 5.77. The van der Waals surface area contributed by atoms with Gasteiger partial charge in [0.2, 0.25) is 5.91 Å². The average Bonchev–Trinajstić information content (AvgIpc) is 2.73. The fourth-order valence-corrected chi connectivity index (χ4v) is 3.21. The molecular weight excluding hydrogens is 272 g/mol. The Hall–Kier alpha value is -2.18. The number of barbiturate groups is 1. The Kier molecular flexibility index (Phi) is 3.27. The number of amides is 4. The zero-order chi connectivity index (χ0) is 15.0. The Morgan fingerprint density at radius 1 is 1.14 bits per heavy atom. The fraction of sp³-hybridized carbons (Fsp3) is 0.571. The maximum absolute atomic E-state index is 12.9. The van der Waals surface area contributed by atoms with Gasteiger partial charge in [-0.25, -0.2) is 9.69 Å². The van der Waals surface area contributed by atoms with Crippen LogP contribution in [0.5, 0.6) is 0 Å². The molecule has 1 aliphatic carbocycles. The van der Waals surface area contributed by atoms with Crippen molar-refractivity contribution in [2.75, 3.05) is 4.90 Å². The minimum absolute atomic E-state index is 0.399. The van der Waals surface area contributed by atoms with E-state index in [0.717, 1.165) is 30.6 Å². The van der Waals surface area contributed by atoms with Gasteiger partial charge >= 0.3 is 6.03 Å². The molecule has 112 valence electrons. The molecule has 1 saturated carbocycles. The number of hydrogen-bond donors (Lipinski definition) is 1. The molecule has 1 N–H and O–H groups in total. The number of urea groups is 1. The second-order valence-corrected chi connectivity index (χ2v) is 5.77. The van der Waals surface area contributed by atoms with Gasteiger partial charge in [0, 0.05) is 13.2 Å². The van der Waals surface area contributed by atoms with Crippen molar-refractivity contribution >= 4 is 23.5 Å². The lowest BCUT2D eigenvalue weighted by atomic mass is 9.77. The summed E-state index contributed by atoms with van der Waals surface area (Å²) < 4.78 is 1.52. The summed E-state index contributed by atoms with van der Waals surface area (Å²) in [6.45, 7) is 0. The number of aromatic nitrogens is 2. The Morgan fingerprint density at radius 3 is 2.38 bits per heavy atom. The van der Waals surface area contributed by atoms with Crippen LogP contribution < -0.4 is 10.2 Å². The Labute approximate surface area is 122 Å². The number of rotatable bonds is 1. The lowest BCUT2D eigenvalue weighted by Gasteiger charge is -2.38. The molecule has 2 heterocycles. The zero-order valence-electron chi connectivity index (χ0n) is 12.0. The first kappa shape index (κ1) is 13.8. The molecule has 7 heteroatoms. The van der Waals surface area contributed by atoms with Crippen molar-refractivity contribution in [3.63, 3.8) is 0 Å². The smallest absolute Gasteiger partial charge is 0.276 e. The third kappa shape index (κ3) is 2.12. The molecule has 0 radical (unpaired) electrons.